The summed E-state index contributed by atoms with van der Waals surface area (Å²) < 4.78 is 16.6. The van der Waals surface area contributed by atoms with Crippen LogP contribution in [0.1, 0.15) is 11.5 Å². The van der Waals surface area contributed by atoms with E-state index >= 15 is 0 Å². The van der Waals surface area contributed by atoms with Gasteiger partial charge in [-0.15, -0.1) is 0 Å². The van der Waals surface area contributed by atoms with Gasteiger partial charge in [0, 0.05) is 12.6 Å². The number of amides is 1. The largest absolute Gasteiger partial charge is 0.485 e. The van der Waals surface area contributed by atoms with Crippen molar-refractivity contribution in [2.24, 2.45) is 0 Å². The predicted molar refractivity (Wildman–Crippen MR) is 97.3 cm³/mol. The quantitative estimate of drug-likeness (QED) is 0.707. The number of rotatable bonds is 4. The predicted octanol–water partition coefficient (Wildman–Crippen LogP) is 2.84. The molecule has 4 rings (SSSR count). The smallest absolute Gasteiger partial charge is 0.267 e. The lowest BCUT2D eigenvalue weighted by Gasteiger charge is -2.28. The van der Waals surface area contributed by atoms with Gasteiger partial charge in [-0.25, -0.2) is 0 Å². The molecule has 0 unspecified atom stereocenters. The maximum atomic E-state index is 12.7. The maximum Gasteiger partial charge on any atom is 0.267 e. The van der Waals surface area contributed by atoms with Gasteiger partial charge in [0.15, 0.2) is 11.5 Å². The van der Waals surface area contributed by atoms with E-state index in [9.17, 15) is 4.79 Å². The minimum atomic E-state index is -0.704. The lowest BCUT2D eigenvalue weighted by molar-refractivity contribution is -0.140. The van der Waals surface area contributed by atoms with Gasteiger partial charge in [-0.2, -0.15) is 4.98 Å². The SMILES string of the molecule is Cc1ccc(-c2noc(CN(C)C(=O)[C@H]3COc4ccccc4O3)n2)cc1. The summed E-state index contributed by atoms with van der Waals surface area (Å²) in [6.07, 6.45) is -0.704. The fourth-order valence-corrected chi connectivity index (χ4v) is 2.81. The van der Waals surface area contributed by atoms with Crippen molar-refractivity contribution in [3.63, 3.8) is 0 Å². The molecule has 1 aliphatic heterocycles. The van der Waals surface area contributed by atoms with E-state index in [2.05, 4.69) is 10.1 Å². The molecule has 0 fully saturated rings. The highest BCUT2D eigenvalue weighted by molar-refractivity contribution is 5.81. The zero-order chi connectivity index (χ0) is 18.8. The molecular formula is C20H19N3O4. The number of carbonyl (C=O) groups is 1. The Kier molecular flexibility index (Phi) is 4.50. The Morgan fingerprint density at radius 2 is 1.89 bits per heavy atom. The first-order chi connectivity index (χ1) is 13.1. The van der Waals surface area contributed by atoms with Crippen molar-refractivity contribution < 1.29 is 18.8 Å². The highest BCUT2D eigenvalue weighted by Gasteiger charge is 2.30. The number of ether oxygens (including phenoxy) is 2. The van der Waals surface area contributed by atoms with E-state index in [1.54, 1.807) is 13.1 Å². The molecule has 0 spiro atoms. The highest BCUT2D eigenvalue weighted by atomic mass is 16.6. The van der Waals surface area contributed by atoms with E-state index in [0.29, 0.717) is 23.2 Å². The first kappa shape index (κ1) is 17.1. The van der Waals surface area contributed by atoms with Crippen LogP contribution in [0.15, 0.2) is 53.1 Å². The van der Waals surface area contributed by atoms with E-state index in [0.717, 1.165) is 11.1 Å². The van der Waals surface area contributed by atoms with E-state index in [4.69, 9.17) is 14.0 Å². The summed E-state index contributed by atoms with van der Waals surface area (Å²) in [5.74, 6) is 1.86. The van der Waals surface area contributed by atoms with Crippen molar-refractivity contribution in [2.45, 2.75) is 19.6 Å². The van der Waals surface area contributed by atoms with Crippen molar-refractivity contribution in [1.29, 1.82) is 0 Å². The minimum absolute atomic E-state index is 0.165. The minimum Gasteiger partial charge on any atom is -0.485 e. The van der Waals surface area contributed by atoms with Crippen molar-refractivity contribution >= 4 is 5.91 Å². The summed E-state index contributed by atoms with van der Waals surface area (Å²) >= 11 is 0. The molecule has 1 atom stereocenters. The molecule has 0 N–H and O–H groups in total. The van der Waals surface area contributed by atoms with E-state index in [-0.39, 0.29) is 19.1 Å². The van der Waals surface area contributed by atoms with Crippen LogP contribution in [0.3, 0.4) is 0 Å². The lowest BCUT2D eigenvalue weighted by Crippen LogP contribution is -2.44. The second kappa shape index (κ2) is 7.11. The van der Waals surface area contributed by atoms with Crippen LogP contribution in [0.4, 0.5) is 0 Å². The Morgan fingerprint density at radius 3 is 2.67 bits per heavy atom. The molecule has 1 amide bonds. The summed E-state index contributed by atoms with van der Waals surface area (Å²) in [5, 5.41) is 3.99. The monoisotopic (exact) mass is 365 g/mol. The Bertz CT molecular complexity index is 952. The summed E-state index contributed by atoms with van der Waals surface area (Å²) in [4.78, 5) is 18.5. The van der Waals surface area contributed by atoms with Crippen LogP contribution >= 0.6 is 0 Å². The fraction of sp³-hybridized carbons (Fsp3) is 0.250. The molecule has 0 saturated heterocycles. The summed E-state index contributed by atoms with van der Waals surface area (Å²) in [5.41, 5.74) is 2.02. The van der Waals surface area contributed by atoms with E-state index in [1.165, 1.54) is 4.90 Å². The van der Waals surface area contributed by atoms with Gasteiger partial charge >= 0.3 is 0 Å². The van der Waals surface area contributed by atoms with Gasteiger partial charge in [0.05, 0.1) is 6.54 Å². The summed E-state index contributed by atoms with van der Waals surface area (Å²) in [7, 11) is 1.67. The van der Waals surface area contributed by atoms with Crippen LogP contribution in [-0.4, -0.2) is 40.7 Å². The van der Waals surface area contributed by atoms with Gasteiger partial charge < -0.3 is 18.9 Å². The number of carbonyl (C=O) groups excluding carboxylic acids is 1. The third-order valence-corrected chi connectivity index (χ3v) is 4.31. The molecule has 2 aromatic carbocycles. The van der Waals surface area contributed by atoms with Gasteiger partial charge in [-0.3, -0.25) is 4.79 Å². The standard InChI is InChI=1S/C20H19N3O4/c1-13-7-9-14(10-8-13)19-21-18(27-22-19)11-23(2)20(24)17-12-25-15-5-3-4-6-16(15)26-17/h3-10,17H,11-12H2,1-2H3/t17-/m1/s1. The Balaban J connectivity index is 1.41. The number of para-hydroxylation sites is 2. The molecule has 0 bridgehead atoms. The molecule has 0 aliphatic carbocycles. The second-order valence-electron chi connectivity index (χ2n) is 6.44. The molecule has 7 nitrogen and oxygen atoms in total. The lowest BCUT2D eigenvalue weighted by atomic mass is 10.1. The fourth-order valence-electron chi connectivity index (χ4n) is 2.81. The van der Waals surface area contributed by atoms with Crippen molar-refractivity contribution in [1.82, 2.24) is 15.0 Å². The van der Waals surface area contributed by atoms with Crippen molar-refractivity contribution in [3.05, 3.63) is 60.0 Å². The van der Waals surface area contributed by atoms with Crippen LogP contribution < -0.4 is 9.47 Å². The molecule has 1 aromatic heterocycles. The Hall–Kier alpha value is -3.35. The molecule has 0 saturated carbocycles. The number of fused-ring (bicyclic) bond motifs is 1. The zero-order valence-electron chi connectivity index (χ0n) is 15.1. The number of aryl methyl sites for hydroxylation is 1. The van der Waals surface area contributed by atoms with Crippen LogP contribution in [0.5, 0.6) is 11.5 Å². The van der Waals surface area contributed by atoms with Gasteiger partial charge in [0.2, 0.25) is 17.8 Å². The number of aromatic nitrogens is 2. The van der Waals surface area contributed by atoms with Crippen LogP contribution in [-0.2, 0) is 11.3 Å². The average Bonchev–Trinajstić information content (AvgIpc) is 3.16. The Labute approximate surface area is 156 Å². The molecule has 1 aliphatic rings. The van der Waals surface area contributed by atoms with Crippen molar-refractivity contribution in [2.75, 3.05) is 13.7 Å². The molecule has 0 radical (unpaired) electrons. The molecule has 3 aromatic rings. The molecule has 27 heavy (non-hydrogen) atoms. The number of hydrogen-bond acceptors (Lipinski definition) is 6. The number of benzene rings is 2. The number of likely N-dealkylation sites (N-methyl/N-ethyl adjacent to an activating group) is 1. The van der Waals surface area contributed by atoms with E-state index in [1.807, 2.05) is 49.4 Å². The molecule has 2 heterocycles. The van der Waals surface area contributed by atoms with Gasteiger partial charge in [-0.1, -0.05) is 47.1 Å². The van der Waals surface area contributed by atoms with Gasteiger partial charge in [0.25, 0.3) is 5.91 Å². The zero-order valence-corrected chi connectivity index (χ0v) is 15.1. The van der Waals surface area contributed by atoms with Crippen LogP contribution in [0.25, 0.3) is 11.4 Å². The third kappa shape index (κ3) is 3.62. The first-order valence-corrected chi connectivity index (χ1v) is 8.63. The number of hydrogen-bond donors (Lipinski definition) is 0. The van der Waals surface area contributed by atoms with Crippen molar-refractivity contribution in [3.8, 4) is 22.9 Å². The molecular weight excluding hydrogens is 346 g/mol. The summed E-state index contributed by atoms with van der Waals surface area (Å²) in [6, 6.07) is 15.1. The highest BCUT2D eigenvalue weighted by Crippen LogP contribution is 2.31. The molecule has 138 valence electrons. The van der Waals surface area contributed by atoms with Gasteiger partial charge in [0.1, 0.15) is 6.61 Å². The van der Waals surface area contributed by atoms with E-state index < -0.39 is 6.10 Å². The van der Waals surface area contributed by atoms with Gasteiger partial charge in [-0.05, 0) is 19.1 Å². The third-order valence-electron chi connectivity index (χ3n) is 4.31. The molecule has 7 heteroatoms. The second-order valence-corrected chi connectivity index (χ2v) is 6.44. The number of nitrogens with zero attached hydrogens (tertiary/aromatic N) is 3. The summed E-state index contributed by atoms with van der Waals surface area (Å²) in [6.45, 7) is 2.37. The Morgan fingerprint density at radius 1 is 1.15 bits per heavy atom. The average molecular weight is 365 g/mol. The topological polar surface area (TPSA) is 77.7 Å². The van der Waals surface area contributed by atoms with Crippen LogP contribution in [0.2, 0.25) is 0 Å². The first-order valence-electron chi connectivity index (χ1n) is 8.63. The maximum absolute atomic E-state index is 12.7. The van der Waals surface area contributed by atoms with Crippen LogP contribution in [0, 0.1) is 6.92 Å². The normalized spacial score (nSPS) is 15.4.